The molecule has 3 aromatic rings. The second-order valence-electron chi connectivity index (χ2n) is 7.72. The van der Waals surface area contributed by atoms with Gasteiger partial charge in [-0.3, -0.25) is 9.59 Å². The van der Waals surface area contributed by atoms with Crippen LogP contribution in [0, 0.1) is 13.8 Å². The number of aromatic nitrogens is 3. The summed E-state index contributed by atoms with van der Waals surface area (Å²) in [7, 11) is 0. The molecule has 1 unspecified atom stereocenters. The highest BCUT2D eigenvalue weighted by atomic mass is 16.5. The molecular formula is C21H24N4O4. The summed E-state index contributed by atoms with van der Waals surface area (Å²) in [6, 6.07) is 7.87. The van der Waals surface area contributed by atoms with Gasteiger partial charge in [0.05, 0.1) is 24.1 Å². The van der Waals surface area contributed by atoms with Gasteiger partial charge in [-0.2, -0.15) is 5.10 Å². The average molecular weight is 396 g/mol. The average Bonchev–Trinajstić information content (AvgIpc) is 3.26. The molecule has 152 valence electrons. The van der Waals surface area contributed by atoms with Gasteiger partial charge in [0.2, 0.25) is 5.91 Å². The lowest BCUT2D eigenvalue weighted by atomic mass is 9.93. The number of hydrogen-bond donors (Lipinski definition) is 2. The highest BCUT2D eigenvalue weighted by Crippen LogP contribution is 2.25. The first-order valence-electron chi connectivity index (χ1n) is 9.73. The zero-order valence-corrected chi connectivity index (χ0v) is 16.6. The Morgan fingerprint density at radius 1 is 1.31 bits per heavy atom. The first-order valence-corrected chi connectivity index (χ1v) is 9.73. The molecule has 1 saturated heterocycles. The van der Waals surface area contributed by atoms with Crippen molar-refractivity contribution in [2.24, 2.45) is 0 Å². The third-order valence-corrected chi connectivity index (χ3v) is 5.62. The van der Waals surface area contributed by atoms with E-state index in [1.807, 2.05) is 42.6 Å². The highest BCUT2D eigenvalue weighted by Gasteiger charge is 2.38. The number of rotatable bonds is 6. The van der Waals surface area contributed by atoms with E-state index in [0.29, 0.717) is 19.4 Å². The van der Waals surface area contributed by atoms with Gasteiger partial charge in [0.25, 0.3) is 0 Å². The van der Waals surface area contributed by atoms with E-state index in [4.69, 9.17) is 14.8 Å². The van der Waals surface area contributed by atoms with Crippen LogP contribution in [0.15, 0.2) is 24.3 Å². The van der Waals surface area contributed by atoms with Gasteiger partial charge in [0.1, 0.15) is 0 Å². The normalized spacial score (nSPS) is 19.1. The van der Waals surface area contributed by atoms with Crippen LogP contribution in [0.5, 0.6) is 0 Å². The van der Waals surface area contributed by atoms with Crippen molar-refractivity contribution in [2.75, 3.05) is 13.2 Å². The van der Waals surface area contributed by atoms with Crippen LogP contribution >= 0.6 is 0 Å². The lowest BCUT2D eigenvalue weighted by Gasteiger charge is -2.27. The predicted octanol–water partition coefficient (Wildman–Crippen LogP) is 2.18. The highest BCUT2D eigenvalue weighted by molar-refractivity contribution is 5.92. The van der Waals surface area contributed by atoms with Gasteiger partial charge in [-0.1, -0.05) is 12.1 Å². The molecule has 2 aromatic heterocycles. The Balaban J connectivity index is 1.54. The molecule has 8 heteroatoms. The zero-order valence-electron chi connectivity index (χ0n) is 16.6. The van der Waals surface area contributed by atoms with Gasteiger partial charge >= 0.3 is 5.97 Å². The van der Waals surface area contributed by atoms with Crippen molar-refractivity contribution in [3.05, 3.63) is 41.2 Å². The van der Waals surface area contributed by atoms with Gasteiger partial charge < -0.3 is 15.2 Å². The molecule has 0 bridgehead atoms. The summed E-state index contributed by atoms with van der Waals surface area (Å²) in [5.74, 6) is -1.12. The van der Waals surface area contributed by atoms with Crippen molar-refractivity contribution in [2.45, 2.75) is 45.1 Å². The zero-order chi connectivity index (χ0) is 20.6. The third kappa shape index (κ3) is 3.67. The molecule has 1 aliphatic heterocycles. The van der Waals surface area contributed by atoms with E-state index in [0.717, 1.165) is 33.5 Å². The molecule has 2 N–H and O–H groups in total. The van der Waals surface area contributed by atoms with E-state index < -0.39 is 11.5 Å². The van der Waals surface area contributed by atoms with E-state index in [1.54, 1.807) is 0 Å². The molecule has 0 spiro atoms. The molecule has 3 heterocycles. The molecule has 1 atom stereocenters. The molecule has 1 fully saturated rings. The number of hydrogen-bond acceptors (Lipinski definition) is 5. The molecule has 1 amide bonds. The SMILES string of the molecule is Cc1nc2c3ccccc3nn2c(C)c1CCC(=O)NC1(CC(=O)O)CCOC1. The Morgan fingerprint density at radius 3 is 2.83 bits per heavy atom. The molecular weight excluding hydrogens is 372 g/mol. The van der Waals surface area contributed by atoms with Crippen molar-refractivity contribution in [3.8, 4) is 0 Å². The second-order valence-corrected chi connectivity index (χ2v) is 7.72. The maximum atomic E-state index is 12.6. The number of fused-ring (bicyclic) bond motifs is 3. The maximum Gasteiger partial charge on any atom is 0.305 e. The topological polar surface area (TPSA) is 106 Å². The molecule has 0 saturated carbocycles. The number of nitrogens with one attached hydrogen (secondary N) is 1. The summed E-state index contributed by atoms with van der Waals surface area (Å²) in [6.07, 6.45) is 1.13. The summed E-state index contributed by atoms with van der Waals surface area (Å²) in [6.45, 7) is 4.62. The van der Waals surface area contributed by atoms with Crippen LogP contribution in [0.1, 0.15) is 36.2 Å². The maximum absolute atomic E-state index is 12.6. The molecule has 0 radical (unpaired) electrons. The van der Waals surface area contributed by atoms with E-state index in [9.17, 15) is 9.59 Å². The van der Waals surface area contributed by atoms with Crippen LogP contribution in [-0.4, -0.2) is 50.3 Å². The standard InChI is InChI=1S/C21H24N4O4/c1-13-15(7-8-18(26)23-21(11-19(27)28)9-10-29-12-21)14(2)25-20(22-13)16-5-3-4-6-17(16)24-25/h3-6H,7-12H2,1-2H3,(H,23,26)(H,27,28). The van der Waals surface area contributed by atoms with Crippen LogP contribution in [0.3, 0.4) is 0 Å². The molecule has 1 aromatic carbocycles. The lowest BCUT2D eigenvalue weighted by molar-refractivity contribution is -0.139. The summed E-state index contributed by atoms with van der Waals surface area (Å²) in [4.78, 5) is 28.5. The minimum atomic E-state index is -0.942. The van der Waals surface area contributed by atoms with Crippen LogP contribution in [0.2, 0.25) is 0 Å². The Kier molecular flexibility index (Phi) is 4.96. The summed E-state index contributed by atoms with van der Waals surface area (Å²) >= 11 is 0. The van der Waals surface area contributed by atoms with E-state index in [-0.39, 0.29) is 25.4 Å². The third-order valence-electron chi connectivity index (χ3n) is 5.62. The summed E-state index contributed by atoms with van der Waals surface area (Å²) in [5, 5.41) is 17.7. The van der Waals surface area contributed by atoms with Crippen molar-refractivity contribution in [1.29, 1.82) is 0 Å². The molecule has 0 aliphatic carbocycles. The lowest BCUT2D eigenvalue weighted by Crippen LogP contribution is -2.50. The van der Waals surface area contributed by atoms with Gasteiger partial charge in [-0.05, 0) is 44.4 Å². The molecule has 8 nitrogen and oxygen atoms in total. The van der Waals surface area contributed by atoms with Crippen molar-refractivity contribution in [3.63, 3.8) is 0 Å². The molecule has 29 heavy (non-hydrogen) atoms. The van der Waals surface area contributed by atoms with Gasteiger partial charge in [0.15, 0.2) is 5.65 Å². The molecule has 1 aliphatic rings. The van der Waals surface area contributed by atoms with Crippen LogP contribution in [-0.2, 0) is 20.7 Å². The first kappa shape index (κ1) is 19.3. The van der Waals surface area contributed by atoms with Crippen molar-refractivity contribution in [1.82, 2.24) is 19.9 Å². The number of amides is 1. The largest absolute Gasteiger partial charge is 0.481 e. The second kappa shape index (κ2) is 7.44. The van der Waals surface area contributed by atoms with Crippen molar-refractivity contribution < 1.29 is 19.4 Å². The number of carboxylic acid groups (broad SMARTS) is 1. The quantitative estimate of drug-likeness (QED) is 0.662. The van der Waals surface area contributed by atoms with E-state index in [2.05, 4.69) is 10.4 Å². The van der Waals surface area contributed by atoms with Crippen LogP contribution in [0.4, 0.5) is 0 Å². The number of aryl methyl sites for hydroxylation is 2. The van der Waals surface area contributed by atoms with E-state index >= 15 is 0 Å². The smallest absolute Gasteiger partial charge is 0.305 e. The van der Waals surface area contributed by atoms with E-state index in [1.165, 1.54) is 0 Å². The number of benzene rings is 1. The van der Waals surface area contributed by atoms with Crippen LogP contribution in [0.25, 0.3) is 16.6 Å². The number of ether oxygens (including phenoxy) is 1. The predicted molar refractivity (Wildman–Crippen MR) is 107 cm³/mol. The number of aliphatic carboxylic acids is 1. The fourth-order valence-electron chi connectivity index (χ4n) is 4.11. The number of carbonyl (C=O) groups excluding carboxylic acids is 1. The summed E-state index contributed by atoms with van der Waals surface area (Å²) in [5.41, 5.74) is 3.70. The fraction of sp³-hybridized carbons (Fsp3) is 0.429. The Hall–Kier alpha value is -3.00. The Bertz CT molecular complexity index is 1100. The number of carbonyl (C=O) groups is 2. The van der Waals surface area contributed by atoms with Gasteiger partial charge in [-0.25, -0.2) is 9.50 Å². The minimum absolute atomic E-state index is 0.135. The Morgan fingerprint density at radius 2 is 2.10 bits per heavy atom. The Labute approximate surface area is 167 Å². The van der Waals surface area contributed by atoms with Crippen LogP contribution < -0.4 is 5.32 Å². The first-order chi connectivity index (χ1) is 13.9. The van der Waals surface area contributed by atoms with Gasteiger partial charge in [0, 0.05) is 29.8 Å². The minimum Gasteiger partial charge on any atom is -0.481 e. The number of carboxylic acids is 1. The summed E-state index contributed by atoms with van der Waals surface area (Å²) < 4.78 is 7.18. The fourth-order valence-corrected chi connectivity index (χ4v) is 4.11. The number of nitrogens with zero attached hydrogens (tertiary/aromatic N) is 3. The van der Waals surface area contributed by atoms with Crippen molar-refractivity contribution >= 4 is 28.4 Å². The molecule has 4 rings (SSSR count). The monoisotopic (exact) mass is 396 g/mol. The van der Waals surface area contributed by atoms with Gasteiger partial charge in [-0.15, -0.1) is 0 Å².